The summed E-state index contributed by atoms with van der Waals surface area (Å²) in [6.45, 7) is 6.23. The number of nitrogens with zero attached hydrogens (tertiary/aromatic N) is 3. The quantitative estimate of drug-likeness (QED) is 0.875. The molecule has 3 rings (SSSR count). The Morgan fingerprint density at radius 3 is 2.59 bits per heavy atom. The summed E-state index contributed by atoms with van der Waals surface area (Å²) in [4.78, 5) is 33.6. The summed E-state index contributed by atoms with van der Waals surface area (Å²) < 4.78 is 5.24. The summed E-state index contributed by atoms with van der Waals surface area (Å²) in [5.41, 5.74) is 1.22. The number of hydrogen-bond donors (Lipinski definition) is 1. The zero-order valence-electron chi connectivity index (χ0n) is 15.6. The number of amides is 2. The third-order valence-corrected chi connectivity index (χ3v) is 4.70. The highest BCUT2D eigenvalue weighted by molar-refractivity contribution is 6.05. The summed E-state index contributed by atoms with van der Waals surface area (Å²) in [7, 11) is 1.54. The van der Waals surface area contributed by atoms with Crippen molar-refractivity contribution >= 4 is 17.5 Å². The molecule has 0 bridgehead atoms. The van der Waals surface area contributed by atoms with Crippen LogP contribution in [0.3, 0.4) is 0 Å². The van der Waals surface area contributed by atoms with Crippen molar-refractivity contribution in [3.8, 4) is 5.75 Å². The molecule has 2 amide bonds. The standard InChI is InChI=1S/C20H24N4O3/c1-3-23-10-12-24(13-11-23)20(26)15-8-9-21-17(14-15)19(25)22-16-6-4-5-7-18(16)27-2/h4-9,14H,3,10-13H2,1-2H3,(H,22,25). The van der Waals surface area contributed by atoms with Gasteiger partial charge in [-0.3, -0.25) is 14.6 Å². The third kappa shape index (κ3) is 4.43. The Morgan fingerprint density at radius 2 is 1.89 bits per heavy atom. The summed E-state index contributed by atoms with van der Waals surface area (Å²) in [6.07, 6.45) is 1.49. The summed E-state index contributed by atoms with van der Waals surface area (Å²) in [5.74, 6) is 0.108. The molecule has 0 unspecified atom stereocenters. The Kier molecular flexibility index (Phi) is 6.03. The van der Waals surface area contributed by atoms with Crippen molar-refractivity contribution < 1.29 is 14.3 Å². The topological polar surface area (TPSA) is 74.8 Å². The van der Waals surface area contributed by atoms with Crippen LogP contribution < -0.4 is 10.1 Å². The first-order chi connectivity index (χ1) is 13.1. The lowest BCUT2D eigenvalue weighted by Crippen LogP contribution is -2.48. The van der Waals surface area contributed by atoms with Gasteiger partial charge in [-0.2, -0.15) is 0 Å². The molecular weight excluding hydrogens is 344 g/mol. The van der Waals surface area contributed by atoms with Crippen molar-refractivity contribution in [3.05, 3.63) is 53.9 Å². The number of rotatable bonds is 5. The zero-order chi connectivity index (χ0) is 19.2. The summed E-state index contributed by atoms with van der Waals surface area (Å²) in [5, 5.41) is 2.78. The molecule has 1 N–H and O–H groups in total. The van der Waals surface area contributed by atoms with Crippen LogP contribution in [0.5, 0.6) is 5.75 Å². The molecule has 27 heavy (non-hydrogen) atoms. The maximum atomic E-state index is 12.8. The van der Waals surface area contributed by atoms with Crippen molar-refractivity contribution in [1.82, 2.24) is 14.8 Å². The molecule has 1 aromatic carbocycles. The smallest absolute Gasteiger partial charge is 0.274 e. The van der Waals surface area contributed by atoms with Gasteiger partial charge in [0.2, 0.25) is 0 Å². The first-order valence-corrected chi connectivity index (χ1v) is 9.04. The molecule has 0 aliphatic carbocycles. The lowest BCUT2D eigenvalue weighted by Gasteiger charge is -2.34. The molecule has 0 atom stereocenters. The number of hydrogen-bond acceptors (Lipinski definition) is 5. The van der Waals surface area contributed by atoms with Gasteiger partial charge in [-0.1, -0.05) is 19.1 Å². The number of aromatic nitrogens is 1. The molecule has 1 fully saturated rings. The second-order valence-electron chi connectivity index (χ2n) is 6.31. The van der Waals surface area contributed by atoms with Gasteiger partial charge in [-0.05, 0) is 30.8 Å². The van der Waals surface area contributed by atoms with Gasteiger partial charge >= 0.3 is 0 Å². The Balaban J connectivity index is 1.71. The van der Waals surface area contributed by atoms with E-state index in [0.29, 0.717) is 30.1 Å². The van der Waals surface area contributed by atoms with Crippen LogP contribution in [-0.4, -0.2) is 66.4 Å². The monoisotopic (exact) mass is 368 g/mol. The van der Waals surface area contributed by atoms with Crippen LogP contribution in [0, 0.1) is 0 Å². The van der Waals surface area contributed by atoms with Crippen molar-refractivity contribution in [2.75, 3.05) is 45.2 Å². The summed E-state index contributed by atoms with van der Waals surface area (Å²) >= 11 is 0. The molecule has 142 valence electrons. The number of carbonyl (C=O) groups is 2. The van der Waals surface area contributed by atoms with Crippen LogP contribution in [0.25, 0.3) is 0 Å². The predicted molar refractivity (Wildman–Crippen MR) is 103 cm³/mol. The molecule has 1 saturated heterocycles. The molecule has 0 saturated carbocycles. The Morgan fingerprint density at radius 1 is 1.15 bits per heavy atom. The maximum Gasteiger partial charge on any atom is 0.274 e. The molecule has 1 aliphatic heterocycles. The molecule has 1 aromatic heterocycles. The average Bonchev–Trinajstić information content (AvgIpc) is 2.73. The van der Waals surface area contributed by atoms with Gasteiger partial charge in [0.15, 0.2) is 0 Å². The van der Waals surface area contributed by atoms with Gasteiger partial charge in [0.1, 0.15) is 11.4 Å². The molecule has 2 aromatic rings. The first kappa shape index (κ1) is 18.8. The number of anilines is 1. The fourth-order valence-corrected chi connectivity index (χ4v) is 3.07. The van der Waals surface area contributed by atoms with Crippen molar-refractivity contribution in [1.29, 1.82) is 0 Å². The molecule has 2 heterocycles. The van der Waals surface area contributed by atoms with Crippen LogP contribution in [0.15, 0.2) is 42.6 Å². The van der Waals surface area contributed by atoms with Crippen LogP contribution in [0.4, 0.5) is 5.69 Å². The SMILES string of the molecule is CCN1CCN(C(=O)c2ccnc(C(=O)Nc3ccccc3OC)c2)CC1. The number of piperazine rings is 1. The van der Waals surface area contributed by atoms with E-state index in [0.717, 1.165) is 19.6 Å². The molecule has 7 heteroatoms. The third-order valence-electron chi connectivity index (χ3n) is 4.70. The molecule has 0 radical (unpaired) electrons. The first-order valence-electron chi connectivity index (χ1n) is 9.04. The second kappa shape index (κ2) is 8.64. The van der Waals surface area contributed by atoms with E-state index in [1.54, 1.807) is 37.4 Å². The largest absolute Gasteiger partial charge is 0.495 e. The van der Waals surface area contributed by atoms with Gasteiger partial charge in [0.25, 0.3) is 11.8 Å². The lowest BCUT2D eigenvalue weighted by atomic mass is 10.1. The van der Waals surface area contributed by atoms with Crippen LogP contribution in [0.2, 0.25) is 0 Å². The van der Waals surface area contributed by atoms with E-state index in [1.807, 2.05) is 11.0 Å². The van der Waals surface area contributed by atoms with Gasteiger partial charge in [0.05, 0.1) is 12.8 Å². The van der Waals surface area contributed by atoms with Crippen LogP contribution >= 0.6 is 0 Å². The Bertz CT molecular complexity index is 816. The van der Waals surface area contributed by atoms with E-state index in [9.17, 15) is 9.59 Å². The van der Waals surface area contributed by atoms with Crippen molar-refractivity contribution in [2.24, 2.45) is 0 Å². The second-order valence-corrected chi connectivity index (χ2v) is 6.31. The number of nitrogens with one attached hydrogen (secondary N) is 1. The minimum absolute atomic E-state index is 0.0699. The van der Waals surface area contributed by atoms with E-state index in [-0.39, 0.29) is 17.5 Å². The number of carbonyl (C=O) groups excluding carboxylic acids is 2. The van der Waals surface area contributed by atoms with Crippen LogP contribution in [-0.2, 0) is 0 Å². The molecule has 1 aliphatic rings. The number of ether oxygens (including phenoxy) is 1. The Labute approximate surface area is 158 Å². The number of benzene rings is 1. The average molecular weight is 368 g/mol. The molecule has 7 nitrogen and oxygen atoms in total. The number of para-hydroxylation sites is 2. The highest BCUT2D eigenvalue weighted by Gasteiger charge is 2.22. The van der Waals surface area contributed by atoms with Gasteiger partial charge < -0.3 is 19.9 Å². The van der Waals surface area contributed by atoms with Crippen LogP contribution in [0.1, 0.15) is 27.8 Å². The van der Waals surface area contributed by atoms with E-state index in [2.05, 4.69) is 22.1 Å². The van der Waals surface area contributed by atoms with E-state index in [4.69, 9.17) is 4.74 Å². The maximum absolute atomic E-state index is 12.8. The highest BCUT2D eigenvalue weighted by Crippen LogP contribution is 2.23. The fraction of sp³-hybridized carbons (Fsp3) is 0.350. The number of methoxy groups -OCH3 is 1. The minimum Gasteiger partial charge on any atom is -0.495 e. The molecule has 0 spiro atoms. The van der Waals surface area contributed by atoms with Crippen molar-refractivity contribution in [3.63, 3.8) is 0 Å². The van der Waals surface area contributed by atoms with E-state index in [1.165, 1.54) is 6.20 Å². The number of likely N-dealkylation sites (N-methyl/N-ethyl adjacent to an activating group) is 1. The predicted octanol–water partition coefficient (Wildman–Crippen LogP) is 2.12. The Hall–Kier alpha value is -2.93. The normalized spacial score (nSPS) is 14.7. The van der Waals surface area contributed by atoms with E-state index < -0.39 is 0 Å². The highest BCUT2D eigenvalue weighted by atomic mass is 16.5. The van der Waals surface area contributed by atoms with Gasteiger partial charge in [0, 0.05) is 37.9 Å². The van der Waals surface area contributed by atoms with Gasteiger partial charge in [-0.25, -0.2) is 0 Å². The summed E-state index contributed by atoms with van der Waals surface area (Å²) in [6, 6.07) is 10.3. The van der Waals surface area contributed by atoms with E-state index >= 15 is 0 Å². The lowest BCUT2D eigenvalue weighted by molar-refractivity contribution is 0.0643. The number of pyridine rings is 1. The fourth-order valence-electron chi connectivity index (χ4n) is 3.07. The van der Waals surface area contributed by atoms with Gasteiger partial charge in [-0.15, -0.1) is 0 Å². The zero-order valence-corrected chi connectivity index (χ0v) is 15.6. The van der Waals surface area contributed by atoms with Crippen molar-refractivity contribution in [2.45, 2.75) is 6.92 Å². The minimum atomic E-state index is -0.384. The molecular formula is C20H24N4O3.